The minimum atomic E-state index is 0.237. The molecule has 4 rings (SSSR count). The van der Waals surface area contributed by atoms with E-state index in [4.69, 9.17) is 14.2 Å². The molecule has 0 saturated heterocycles. The second kappa shape index (κ2) is 4.12. The largest absolute Gasteiger partial charge is 0.496 e. The van der Waals surface area contributed by atoms with E-state index in [-0.39, 0.29) is 6.79 Å². The Morgan fingerprint density at radius 1 is 1.20 bits per heavy atom. The van der Waals surface area contributed by atoms with E-state index in [0.717, 1.165) is 16.9 Å². The van der Waals surface area contributed by atoms with E-state index in [1.54, 1.807) is 19.5 Å². The topological polar surface area (TPSA) is 57.9 Å². The molecule has 0 atom stereocenters. The summed E-state index contributed by atoms with van der Waals surface area (Å²) in [6, 6.07) is 3.73. The maximum absolute atomic E-state index is 5.43. The first-order valence-electron chi connectivity index (χ1n) is 6.12. The number of hydrogen-bond donors (Lipinski definition) is 0. The standard InChI is InChI=1S/C14H11N3O3/c1-18-11-5-13-12(19-8-20-13)4-10(11)9-6-16-14-15-2-3-17(14)7-9/h2-7H,8H2,1H3. The fourth-order valence-corrected chi connectivity index (χ4v) is 2.27. The molecule has 20 heavy (non-hydrogen) atoms. The van der Waals surface area contributed by atoms with E-state index >= 15 is 0 Å². The number of hydrogen-bond acceptors (Lipinski definition) is 5. The smallest absolute Gasteiger partial charge is 0.233 e. The van der Waals surface area contributed by atoms with Crippen molar-refractivity contribution in [2.75, 3.05) is 13.9 Å². The van der Waals surface area contributed by atoms with E-state index in [1.807, 2.05) is 28.9 Å². The summed E-state index contributed by atoms with van der Waals surface area (Å²) in [5.41, 5.74) is 1.82. The quantitative estimate of drug-likeness (QED) is 0.713. The molecular weight excluding hydrogens is 258 g/mol. The number of ether oxygens (including phenoxy) is 3. The van der Waals surface area contributed by atoms with E-state index in [1.165, 1.54) is 0 Å². The lowest BCUT2D eigenvalue weighted by molar-refractivity contribution is 0.174. The van der Waals surface area contributed by atoms with Gasteiger partial charge in [-0.3, -0.25) is 4.40 Å². The second-order valence-electron chi connectivity index (χ2n) is 4.38. The minimum Gasteiger partial charge on any atom is -0.496 e. The van der Waals surface area contributed by atoms with Crippen molar-refractivity contribution in [3.8, 4) is 28.4 Å². The molecule has 0 saturated carbocycles. The average Bonchev–Trinajstić information content (AvgIpc) is 3.13. The fourth-order valence-electron chi connectivity index (χ4n) is 2.27. The number of rotatable bonds is 2. The Labute approximate surface area is 114 Å². The molecule has 0 unspecified atom stereocenters. The Hall–Kier alpha value is -2.76. The van der Waals surface area contributed by atoms with Crippen LogP contribution in [0.3, 0.4) is 0 Å². The second-order valence-corrected chi connectivity index (χ2v) is 4.38. The summed E-state index contributed by atoms with van der Waals surface area (Å²) in [5, 5.41) is 0. The molecule has 0 spiro atoms. The van der Waals surface area contributed by atoms with Gasteiger partial charge in [-0.05, 0) is 6.07 Å². The van der Waals surface area contributed by atoms with Gasteiger partial charge in [0.2, 0.25) is 12.6 Å². The normalized spacial score (nSPS) is 12.8. The molecule has 3 aromatic rings. The third-order valence-electron chi connectivity index (χ3n) is 3.25. The van der Waals surface area contributed by atoms with Crippen LogP contribution < -0.4 is 14.2 Å². The maximum Gasteiger partial charge on any atom is 0.233 e. The summed E-state index contributed by atoms with van der Waals surface area (Å²) >= 11 is 0. The molecule has 0 N–H and O–H groups in total. The number of aromatic nitrogens is 3. The fraction of sp³-hybridized carbons (Fsp3) is 0.143. The van der Waals surface area contributed by atoms with Gasteiger partial charge in [-0.1, -0.05) is 0 Å². The highest BCUT2D eigenvalue weighted by atomic mass is 16.7. The van der Waals surface area contributed by atoms with Gasteiger partial charge in [0.25, 0.3) is 0 Å². The van der Waals surface area contributed by atoms with Gasteiger partial charge in [0, 0.05) is 42.0 Å². The van der Waals surface area contributed by atoms with Crippen molar-refractivity contribution < 1.29 is 14.2 Å². The van der Waals surface area contributed by atoms with Crippen LogP contribution >= 0.6 is 0 Å². The van der Waals surface area contributed by atoms with Crippen LogP contribution in [0.2, 0.25) is 0 Å². The number of fused-ring (bicyclic) bond motifs is 2. The predicted octanol–water partition coefficient (Wildman–Crippen LogP) is 2.13. The molecule has 0 fully saturated rings. The van der Waals surface area contributed by atoms with Gasteiger partial charge in [0.15, 0.2) is 11.5 Å². The molecule has 0 aliphatic carbocycles. The Morgan fingerprint density at radius 3 is 2.90 bits per heavy atom. The maximum atomic E-state index is 5.43. The van der Waals surface area contributed by atoms with Crippen molar-refractivity contribution >= 4 is 5.78 Å². The lowest BCUT2D eigenvalue weighted by Crippen LogP contribution is -1.93. The van der Waals surface area contributed by atoms with Crippen molar-refractivity contribution in [3.05, 3.63) is 36.9 Å². The first-order valence-corrected chi connectivity index (χ1v) is 6.12. The molecule has 6 heteroatoms. The number of imidazole rings is 1. The van der Waals surface area contributed by atoms with Gasteiger partial charge in [-0.2, -0.15) is 0 Å². The van der Waals surface area contributed by atoms with Gasteiger partial charge >= 0.3 is 0 Å². The Bertz CT molecular complexity index is 797. The molecule has 2 aromatic heterocycles. The zero-order valence-electron chi connectivity index (χ0n) is 10.7. The molecule has 1 aromatic carbocycles. The number of nitrogens with zero attached hydrogens (tertiary/aromatic N) is 3. The summed E-state index contributed by atoms with van der Waals surface area (Å²) in [7, 11) is 1.63. The predicted molar refractivity (Wildman–Crippen MR) is 71.1 cm³/mol. The highest BCUT2D eigenvalue weighted by Gasteiger charge is 2.19. The summed E-state index contributed by atoms with van der Waals surface area (Å²) in [6.45, 7) is 0.237. The SMILES string of the molecule is COc1cc2c(cc1-c1cnc3nccn3c1)OCO2. The van der Waals surface area contributed by atoms with Gasteiger partial charge in [-0.15, -0.1) is 0 Å². The van der Waals surface area contributed by atoms with Crippen LogP contribution in [0.25, 0.3) is 16.9 Å². The Morgan fingerprint density at radius 2 is 2.05 bits per heavy atom. The lowest BCUT2D eigenvalue weighted by Gasteiger charge is -2.10. The summed E-state index contributed by atoms with van der Waals surface area (Å²) in [5.74, 6) is 2.79. The zero-order valence-corrected chi connectivity index (χ0v) is 10.7. The average molecular weight is 269 g/mol. The summed E-state index contributed by atoms with van der Waals surface area (Å²) in [4.78, 5) is 8.44. The molecule has 100 valence electrons. The molecule has 1 aliphatic heterocycles. The van der Waals surface area contributed by atoms with Crippen molar-refractivity contribution in [1.29, 1.82) is 0 Å². The van der Waals surface area contributed by atoms with E-state index < -0.39 is 0 Å². The number of benzene rings is 1. The summed E-state index contributed by atoms with van der Waals surface area (Å²) in [6.07, 6.45) is 7.28. The van der Waals surface area contributed by atoms with Crippen molar-refractivity contribution in [3.63, 3.8) is 0 Å². The van der Waals surface area contributed by atoms with Crippen LogP contribution in [-0.4, -0.2) is 28.3 Å². The van der Waals surface area contributed by atoms with Gasteiger partial charge in [0.05, 0.1) is 7.11 Å². The lowest BCUT2D eigenvalue weighted by atomic mass is 10.1. The van der Waals surface area contributed by atoms with Gasteiger partial charge < -0.3 is 14.2 Å². The Kier molecular flexibility index (Phi) is 2.29. The molecule has 1 aliphatic rings. The van der Waals surface area contributed by atoms with Crippen molar-refractivity contribution in [2.45, 2.75) is 0 Å². The van der Waals surface area contributed by atoms with Crippen LogP contribution in [0.15, 0.2) is 36.9 Å². The molecule has 6 nitrogen and oxygen atoms in total. The molecular formula is C14H11N3O3. The molecule has 0 radical (unpaired) electrons. The van der Waals surface area contributed by atoms with E-state index in [2.05, 4.69) is 9.97 Å². The van der Waals surface area contributed by atoms with Crippen LogP contribution in [-0.2, 0) is 0 Å². The van der Waals surface area contributed by atoms with Crippen LogP contribution in [0.1, 0.15) is 0 Å². The molecule has 0 bridgehead atoms. The van der Waals surface area contributed by atoms with Crippen molar-refractivity contribution in [1.82, 2.24) is 14.4 Å². The number of methoxy groups -OCH3 is 1. The van der Waals surface area contributed by atoms with E-state index in [0.29, 0.717) is 17.3 Å². The zero-order chi connectivity index (χ0) is 13.5. The Balaban J connectivity index is 1.91. The first kappa shape index (κ1) is 11.1. The van der Waals surface area contributed by atoms with E-state index in [9.17, 15) is 0 Å². The third kappa shape index (κ3) is 1.58. The first-order chi connectivity index (χ1) is 9.85. The van der Waals surface area contributed by atoms with Gasteiger partial charge in [0.1, 0.15) is 5.75 Å². The summed E-state index contributed by atoms with van der Waals surface area (Å²) < 4.78 is 18.1. The van der Waals surface area contributed by atoms with Crippen molar-refractivity contribution in [2.24, 2.45) is 0 Å². The monoisotopic (exact) mass is 269 g/mol. The molecule has 0 amide bonds. The highest BCUT2D eigenvalue weighted by molar-refractivity contribution is 5.74. The van der Waals surface area contributed by atoms with Crippen LogP contribution in [0.4, 0.5) is 0 Å². The van der Waals surface area contributed by atoms with Crippen LogP contribution in [0.5, 0.6) is 17.2 Å². The third-order valence-corrected chi connectivity index (χ3v) is 3.25. The molecule has 3 heterocycles. The van der Waals surface area contributed by atoms with Gasteiger partial charge in [-0.25, -0.2) is 9.97 Å². The minimum absolute atomic E-state index is 0.237. The highest BCUT2D eigenvalue weighted by Crippen LogP contribution is 2.42. The van der Waals surface area contributed by atoms with Crippen LogP contribution in [0, 0.1) is 0 Å².